The number of nitrogens with two attached hydrogens (primary N) is 1. The van der Waals surface area contributed by atoms with E-state index >= 15 is 0 Å². The molecule has 0 aromatic carbocycles. The Morgan fingerprint density at radius 1 is 1.35 bits per heavy atom. The summed E-state index contributed by atoms with van der Waals surface area (Å²) < 4.78 is 0. The summed E-state index contributed by atoms with van der Waals surface area (Å²) in [7, 11) is 2.26. The van der Waals surface area contributed by atoms with Crippen molar-refractivity contribution in [2.45, 2.75) is 32.2 Å². The van der Waals surface area contributed by atoms with Gasteiger partial charge >= 0.3 is 0 Å². The molecule has 0 amide bonds. The van der Waals surface area contributed by atoms with E-state index in [0.29, 0.717) is 5.41 Å². The van der Waals surface area contributed by atoms with Gasteiger partial charge in [0.2, 0.25) is 0 Å². The molecular weight excluding hydrogens is 248 g/mol. The van der Waals surface area contributed by atoms with Gasteiger partial charge in [-0.3, -0.25) is 4.90 Å². The Labute approximate surface area is 115 Å². The highest BCUT2D eigenvalue weighted by atomic mass is 32.2. The molecule has 0 spiro atoms. The zero-order valence-corrected chi connectivity index (χ0v) is 13.4. The first-order chi connectivity index (χ1) is 7.96. The Balaban J connectivity index is 2.60. The fourth-order valence-corrected chi connectivity index (χ4v) is 4.72. The maximum Gasteiger partial charge on any atom is 0.0424 e. The molecule has 1 rings (SSSR count). The van der Waals surface area contributed by atoms with Crippen LogP contribution in [-0.4, -0.2) is 54.1 Å². The van der Waals surface area contributed by atoms with E-state index < -0.39 is 0 Å². The minimum atomic E-state index is 0.227. The molecule has 1 heterocycles. The van der Waals surface area contributed by atoms with Gasteiger partial charge in [-0.15, -0.1) is 0 Å². The van der Waals surface area contributed by atoms with Crippen LogP contribution in [0.15, 0.2) is 0 Å². The second-order valence-electron chi connectivity index (χ2n) is 6.03. The number of hydrogen-bond acceptors (Lipinski definition) is 4. The largest absolute Gasteiger partial charge is 0.329 e. The van der Waals surface area contributed by atoms with Crippen LogP contribution in [0.4, 0.5) is 0 Å². The summed E-state index contributed by atoms with van der Waals surface area (Å²) >= 11 is 4.01. The maximum atomic E-state index is 6.10. The first-order valence-corrected chi connectivity index (χ1v) is 8.99. The van der Waals surface area contributed by atoms with Crippen molar-refractivity contribution in [3.8, 4) is 0 Å². The average Bonchev–Trinajstić information content (AvgIpc) is 2.27. The third-order valence-corrected chi connectivity index (χ3v) is 6.13. The molecule has 0 saturated carbocycles. The molecule has 102 valence electrons. The van der Waals surface area contributed by atoms with E-state index in [2.05, 4.69) is 43.8 Å². The number of hydrogen-bond donors (Lipinski definition) is 1. The first kappa shape index (κ1) is 15.7. The first-order valence-electron chi connectivity index (χ1n) is 6.44. The smallest absolute Gasteiger partial charge is 0.0424 e. The Morgan fingerprint density at radius 3 is 2.59 bits per heavy atom. The van der Waals surface area contributed by atoms with Crippen molar-refractivity contribution in [3.05, 3.63) is 0 Å². The van der Waals surface area contributed by atoms with Gasteiger partial charge in [0.05, 0.1) is 0 Å². The SMILES string of the molecule is CSCCCN(C)C1(CN)CSCC(C)(C)C1. The van der Waals surface area contributed by atoms with Gasteiger partial charge in [-0.1, -0.05) is 13.8 Å². The Morgan fingerprint density at radius 2 is 2.06 bits per heavy atom. The molecule has 4 heteroatoms. The van der Waals surface area contributed by atoms with Crippen LogP contribution in [0.1, 0.15) is 26.7 Å². The molecule has 1 aliphatic rings. The lowest BCUT2D eigenvalue weighted by Crippen LogP contribution is -2.58. The van der Waals surface area contributed by atoms with Crippen LogP contribution >= 0.6 is 23.5 Å². The highest BCUT2D eigenvalue weighted by Gasteiger charge is 2.42. The molecule has 1 fully saturated rings. The van der Waals surface area contributed by atoms with Crippen molar-refractivity contribution >= 4 is 23.5 Å². The van der Waals surface area contributed by atoms with Crippen LogP contribution in [0.3, 0.4) is 0 Å². The Hall–Kier alpha value is 0.620. The topological polar surface area (TPSA) is 29.3 Å². The lowest BCUT2D eigenvalue weighted by Gasteiger charge is -2.49. The van der Waals surface area contributed by atoms with Gasteiger partial charge in [-0.25, -0.2) is 0 Å². The third kappa shape index (κ3) is 4.34. The summed E-state index contributed by atoms with van der Waals surface area (Å²) in [5, 5.41) is 0. The summed E-state index contributed by atoms with van der Waals surface area (Å²) in [6.45, 7) is 6.71. The van der Waals surface area contributed by atoms with Crippen molar-refractivity contribution in [1.29, 1.82) is 0 Å². The van der Waals surface area contributed by atoms with E-state index in [1.807, 2.05) is 11.8 Å². The quantitative estimate of drug-likeness (QED) is 0.755. The van der Waals surface area contributed by atoms with Crippen molar-refractivity contribution in [2.75, 3.05) is 43.7 Å². The third-order valence-electron chi connectivity index (χ3n) is 3.70. The van der Waals surface area contributed by atoms with E-state index in [4.69, 9.17) is 5.73 Å². The van der Waals surface area contributed by atoms with E-state index in [9.17, 15) is 0 Å². The molecule has 0 aromatic heterocycles. The zero-order chi connectivity index (χ0) is 12.9. The van der Waals surface area contributed by atoms with Crippen molar-refractivity contribution in [1.82, 2.24) is 4.90 Å². The Bertz CT molecular complexity index is 233. The summed E-state index contributed by atoms with van der Waals surface area (Å²) in [5.74, 6) is 3.72. The molecule has 1 atom stereocenters. The van der Waals surface area contributed by atoms with Crippen molar-refractivity contribution < 1.29 is 0 Å². The predicted molar refractivity (Wildman–Crippen MR) is 83.1 cm³/mol. The molecule has 2 N–H and O–H groups in total. The fourth-order valence-electron chi connectivity index (χ4n) is 2.73. The standard InChI is InChI=1S/C13H28N2S2/c1-12(2)8-13(9-14,11-17-10-12)15(3)6-5-7-16-4/h5-11,14H2,1-4H3. The van der Waals surface area contributed by atoms with Crippen LogP contribution in [-0.2, 0) is 0 Å². The molecule has 2 nitrogen and oxygen atoms in total. The summed E-state index contributed by atoms with van der Waals surface area (Å²) in [4.78, 5) is 2.52. The van der Waals surface area contributed by atoms with Crippen LogP contribution in [0.2, 0.25) is 0 Å². The molecule has 1 aliphatic heterocycles. The lowest BCUT2D eigenvalue weighted by molar-refractivity contribution is 0.0939. The summed E-state index contributed by atoms with van der Waals surface area (Å²) in [5.41, 5.74) is 6.76. The van der Waals surface area contributed by atoms with Gasteiger partial charge in [0.25, 0.3) is 0 Å². The molecule has 0 aliphatic carbocycles. The van der Waals surface area contributed by atoms with Crippen LogP contribution in [0, 0.1) is 5.41 Å². The second kappa shape index (κ2) is 6.69. The lowest BCUT2D eigenvalue weighted by atomic mass is 9.79. The minimum Gasteiger partial charge on any atom is -0.329 e. The van der Waals surface area contributed by atoms with Gasteiger partial charge in [-0.05, 0) is 49.6 Å². The summed E-state index contributed by atoms with van der Waals surface area (Å²) in [6.07, 6.45) is 4.68. The number of nitrogens with zero attached hydrogens (tertiary/aromatic N) is 1. The molecular formula is C13H28N2S2. The van der Waals surface area contributed by atoms with Crippen LogP contribution in [0.25, 0.3) is 0 Å². The minimum absolute atomic E-state index is 0.227. The molecule has 0 radical (unpaired) electrons. The van der Waals surface area contributed by atoms with Gasteiger partial charge < -0.3 is 5.73 Å². The molecule has 1 unspecified atom stereocenters. The molecule has 1 saturated heterocycles. The number of rotatable bonds is 6. The number of thioether (sulfide) groups is 2. The highest BCUT2D eigenvalue weighted by Crippen LogP contribution is 2.41. The molecule has 0 aromatic rings. The molecule has 17 heavy (non-hydrogen) atoms. The van der Waals surface area contributed by atoms with Gasteiger partial charge in [-0.2, -0.15) is 23.5 Å². The van der Waals surface area contributed by atoms with Crippen LogP contribution < -0.4 is 5.73 Å². The maximum absolute atomic E-state index is 6.10. The van der Waals surface area contributed by atoms with E-state index in [1.54, 1.807) is 0 Å². The van der Waals surface area contributed by atoms with Crippen molar-refractivity contribution in [2.24, 2.45) is 11.1 Å². The van der Waals surface area contributed by atoms with E-state index in [1.165, 1.54) is 36.6 Å². The van der Waals surface area contributed by atoms with Gasteiger partial charge in [0.15, 0.2) is 0 Å². The monoisotopic (exact) mass is 276 g/mol. The molecule has 0 bridgehead atoms. The highest BCUT2D eigenvalue weighted by molar-refractivity contribution is 7.99. The van der Waals surface area contributed by atoms with Gasteiger partial charge in [0, 0.05) is 17.8 Å². The van der Waals surface area contributed by atoms with E-state index in [0.717, 1.165) is 6.54 Å². The fraction of sp³-hybridized carbons (Fsp3) is 1.00. The summed E-state index contributed by atoms with van der Waals surface area (Å²) in [6, 6.07) is 0. The van der Waals surface area contributed by atoms with E-state index in [-0.39, 0.29) is 5.54 Å². The average molecular weight is 277 g/mol. The van der Waals surface area contributed by atoms with Crippen LogP contribution in [0.5, 0.6) is 0 Å². The van der Waals surface area contributed by atoms with Gasteiger partial charge in [0.1, 0.15) is 0 Å². The number of likely N-dealkylation sites (N-methyl/N-ethyl adjacent to an activating group) is 1. The zero-order valence-electron chi connectivity index (χ0n) is 11.8. The second-order valence-corrected chi connectivity index (χ2v) is 8.00. The normalized spacial score (nSPS) is 28.6. The van der Waals surface area contributed by atoms with Crippen molar-refractivity contribution in [3.63, 3.8) is 0 Å². The predicted octanol–water partition coefficient (Wildman–Crippen LogP) is 2.53. The Kier molecular flexibility index (Phi) is 6.17.